The zero-order valence-electron chi connectivity index (χ0n) is 8.31. The number of carbonyl (C=O) groups is 1. The standard InChI is InChI=1S/C8H9N3O5/c1-2-16-3-9-4-5(7(13)14)10-8(15)11-6(4)12/h3H,2H2,1H3,(H,13,14)(H2,10,11,12,15). The maximum atomic E-state index is 11.3. The molecule has 1 aromatic rings. The van der Waals surface area contributed by atoms with E-state index >= 15 is 0 Å². The highest BCUT2D eigenvalue weighted by Crippen LogP contribution is 2.07. The number of aromatic carboxylic acids is 1. The highest BCUT2D eigenvalue weighted by molar-refractivity contribution is 5.91. The number of carboxylic acid groups (broad SMARTS) is 1. The smallest absolute Gasteiger partial charge is 0.354 e. The summed E-state index contributed by atoms with van der Waals surface area (Å²) in [6.07, 6.45) is 0.940. The van der Waals surface area contributed by atoms with Crippen LogP contribution in [0.5, 0.6) is 0 Å². The molecule has 1 aromatic heterocycles. The van der Waals surface area contributed by atoms with Gasteiger partial charge in [-0.25, -0.2) is 14.6 Å². The Morgan fingerprint density at radius 3 is 2.75 bits per heavy atom. The van der Waals surface area contributed by atoms with E-state index in [4.69, 9.17) is 9.84 Å². The van der Waals surface area contributed by atoms with Crippen LogP contribution in [0, 0.1) is 0 Å². The van der Waals surface area contributed by atoms with E-state index in [1.165, 1.54) is 0 Å². The van der Waals surface area contributed by atoms with Gasteiger partial charge < -0.3 is 9.84 Å². The summed E-state index contributed by atoms with van der Waals surface area (Å²) >= 11 is 0. The Hall–Kier alpha value is -2.38. The molecule has 0 unspecified atom stereocenters. The van der Waals surface area contributed by atoms with Gasteiger partial charge in [0.25, 0.3) is 5.56 Å². The topological polar surface area (TPSA) is 125 Å². The lowest BCUT2D eigenvalue weighted by Crippen LogP contribution is -2.25. The molecule has 0 radical (unpaired) electrons. The Morgan fingerprint density at radius 2 is 2.19 bits per heavy atom. The highest BCUT2D eigenvalue weighted by atomic mass is 16.5. The van der Waals surface area contributed by atoms with Crippen LogP contribution in [-0.2, 0) is 4.74 Å². The number of hydrogen-bond acceptors (Lipinski definition) is 5. The Labute approximate surface area is 88.6 Å². The predicted molar refractivity (Wildman–Crippen MR) is 54.4 cm³/mol. The zero-order chi connectivity index (χ0) is 12.1. The van der Waals surface area contributed by atoms with Crippen molar-refractivity contribution in [3.05, 3.63) is 26.5 Å². The quantitative estimate of drug-likeness (QED) is 0.470. The minimum absolute atomic E-state index is 0.327. The number of aliphatic imine (C=N–C) groups is 1. The van der Waals surface area contributed by atoms with E-state index in [0.717, 1.165) is 6.40 Å². The summed E-state index contributed by atoms with van der Waals surface area (Å²) in [7, 11) is 0. The highest BCUT2D eigenvalue weighted by Gasteiger charge is 2.14. The van der Waals surface area contributed by atoms with E-state index in [9.17, 15) is 14.4 Å². The summed E-state index contributed by atoms with van der Waals surface area (Å²) in [5.41, 5.74) is -2.79. The van der Waals surface area contributed by atoms with Crippen LogP contribution in [0.1, 0.15) is 17.4 Å². The third-order valence-electron chi connectivity index (χ3n) is 1.55. The first kappa shape index (κ1) is 11.7. The van der Waals surface area contributed by atoms with E-state index in [2.05, 4.69) is 4.99 Å². The number of nitrogens with zero attached hydrogens (tertiary/aromatic N) is 1. The molecule has 0 fully saturated rings. The summed E-state index contributed by atoms with van der Waals surface area (Å²) in [5, 5.41) is 8.73. The fraction of sp³-hybridized carbons (Fsp3) is 0.250. The lowest BCUT2D eigenvalue weighted by molar-refractivity contribution is 0.0691. The minimum Gasteiger partial charge on any atom is -0.483 e. The van der Waals surface area contributed by atoms with Crippen LogP contribution in [0.25, 0.3) is 0 Å². The fourth-order valence-corrected chi connectivity index (χ4v) is 0.922. The van der Waals surface area contributed by atoms with Crippen molar-refractivity contribution in [2.24, 2.45) is 4.99 Å². The molecule has 0 aliphatic rings. The van der Waals surface area contributed by atoms with Crippen molar-refractivity contribution in [1.29, 1.82) is 0 Å². The Kier molecular flexibility index (Phi) is 3.59. The molecular weight excluding hydrogens is 218 g/mol. The third-order valence-corrected chi connectivity index (χ3v) is 1.55. The predicted octanol–water partition coefficient (Wildman–Crippen LogP) is -0.542. The largest absolute Gasteiger partial charge is 0.483 e. The summed E-state index contributed by atoms with van der Waals surface area (Å²) in [6.45, 7) is 2.02. The SMILES string of the molecule is CCOC=Nc1c(C(=O)O)[nH]c(=O)[nH]c1=O. The van der Waals surface area contributed by atoms with Gasteiger partial charge in [-0.05, 0) is 6.92 Å². The van der Waals surface area contributed by atoms with Gasteiger partial charge >= 0.3 is 11.7 Å². The molecule has 0 saturated heterocycles. The van der Waals surface area contributed by atoms with Gasteiger partial charge in [-0.1, -0.05) is 0 Å². The van der Waals surface area contributed by atoms with Crippen molar-refractivity contribution in [3.63, 3.8) is 0 Å². The molecule has 8 heteroatoms. The fourth-order valence-electron chi connectivity index (χ4n) is 0.922. The average molecular weight is 227 g/mol. The van der Waals surface area contributed by atoms with Gasteiger partial charge in [-0.15, -0.1) is 0 Å². The lowest BCUT2D eigenvalue weighted by atomic mass is 10.3. The molecule has 0 aromatic carbocycles. The minimum atomic E-state index is -1.45. The van der Waals surface area contributed by atoms with Crippen LogP contribution in [0.3, 0.4) is 0 Å². The monoisotopic (exact) mass is 227 g/mol. The maximum Gasteiger partial charge on any atom is 0.354 e. The molecule has 0 amide bonds. The Balaban J connectivity index is 3.30. The molecule has 0 aliphatic carbocycles. The van der Waals surface area contributed by atoms with Gasteiger partial charge in [0.1, 0.15) is 0 Å². The maximum absolute atomic E-state index is 11.3. The van der Waals surface area contributed by atoms with Crippen molar-refractivity contribution in [3.8, 4) is 0 Å². The van der Waals surface area contributed by atoms with Crippen LogP contribution >= 0.6 is 0 Å². The van der Waals surface area contributed by atoms with Crippen LogP contribution in [-0.4, -0.2) is 34.1 Å². The van der Waals surface area contributed by atoms with Crippen LogP contribution < -0.4 is 11.2 Å². The van der Waals surface area contributed by atoms with Gasteiger partial charge in [0.2, 0.25) is 0 Å². The molecule has 1 rings (SSSR count). The van der Waals surface area contributed by atoms with E-state index in [0.29, 0.717) is 6.61 Å². The molecule has 3 N–H and O–H groups in total. The number of ether oxygens (including phenoxy) is 1. The first-order valence-corrected chi connectivity index (χ1v) is 4.30. The molecule has 0 aliphatic heterocycles. The molecule has 0 saturated carbocycles. The first-order chi connectivity index (χ1) is 7.56. The summed E-state index contributed by atoms with van der Waals surface area (Å²) < 4.78 is 4.73. The molecule has 0 bridgehead atoms. The number of aromatic nitrogens is 2. The van der Waals surface area contributed by atoms with Crippen molar-refractivity contribution in [2.75, 3.05) is 6.61 Å². The normalized spacial score (nSPS) is 10.6. The van der Waals surface area contributed by atoms with E-state index in [-0.39, 0.29) is 0 Å². The molecule has 16 heavy (non-hydrogen) atoms. The van der Waals surface area contributed by atoms with Crippen molar-refractivity contribution in [2.45, 2.75) is 6.92 Å². The van der Waals surface area contributed by atoms with Crippen molar-refractivity contribution >= 4 is 18.1 Å². The summed E-state index contributed by atoms with van der Waals surface area (Å²) in [6, 6.07) is 0. The number of hydrogen-bond donors (Lipinski definition) is 3. The van der Waals surface area contributed by atoms with E-state index in [1.807, 2.05) is 9.97 Å². The zero-order valence-corrected chi connectivity index (χ0v) is 8.31. The molecule has 1 heterocycles. The Bertz CT molecular complexity index is 527. The van der Waals surface area contributed by atoms with Crippen LogP contribution in [0.15, 0.2) is 14.6 Å². The second-order valence-electron chi connectivity index (χ2n) is 2.63. The van der Waals surface area contributed by atoms with Gasteiger partial charge in [0.15, 0.2) is 17.8 Å². The molecule has 8 nitrogen and oxygen atoms in total. The first-order valence-electron chi connectivity index (χ1n) is 4.30. The lowest BCUT2D eigenvalue weighted by Gasteiger charge is -1.98. The number of carboxylic acids is 1. The van der Waals surface area contributed by atoms with Gasteiger partial charge in [-0.3, -0.25) is 14.8 Å². The van der Waals surface area contributed by atoms with Gasteiger partial charge in [0.05, 0.1) is 6.61 Å². The van der Waals surface area contributed by atoms with Gasteiger partial charge in [0, 0.05) is 0 Å². The Morgan fingerprint density at radius 1 is 1.50 bits per heavy atom. The average Bonchev–Trinajstić information content (AvgIpc) is 2.20. The summed E-state index contributed by atoms with van der Waals surface area (Å²) in [4.78, 5) is 40.2. The number of rotatable bonds is 4. The number of aromatic amines is 2. The second-order valence-corrected chi connectivity index (χ2v) is 2.63. The molecular formula is C8H9N3O5. The van der Waals surface area contributed by atoms with Crippen molar-refractivity contribution < 1.29 is 14.6 Å². The number of nitrogens with one attached hydrogen (secondary N) is 2. The van der Waals surface area contributed by atoms with Crippen LogP contribution in [0.2, 0.25) is 0 Å². The van der Waals surface area contributed by atoms with Gasteiger partial charge in [-0.2, -0.15) is 0 Å². The van der Waals surface area contributed by atoms with Crippen LogP contribution in [0.4, 0.5) is 5.69 Å². The molecule has 0 atom stereocenters. The molecule has 86 valence electrons. The molecule has 0 spiro atoms. The summed E-state index contributed by atoms with van der Waals surface area (Å²) in [5.74, 6) is -1.45. The van der Waals surface area contributed by atoms with Crippen molar-refractivity contribution in [1.82, 2.24) is 9.97 Å². The second kappa shape index (κ2) is 4.91. The van der Waals surface area contributed by atoms with E-state index in [1.54, 1.807) is 6.92 Å². The van der Waals surface area contributed by atoms with E-state index < -0.39 is 28.6 Å². The third kappa shape index (κ3) is 2.56. The number of H-pyrrole nitrogens is 2.